The normalized spacial score (nSPS) is 28.5. The third kappa shape index (κ3) is 7.01. The SMILES string of the molecule is CCO[Si]1(C(C)C)OCCOCC(COCCO)OCCO1. The van der Waals surface area contributed by atoms with Crippen molar-refractivity contribution in [3.63, 3.8) is 0 Å². The van der Waals surface area contributed by atoms with E-state index in [4.69, 9.17) is 32.6 Å². The van der Waals surface area contributed by atoms with Crippen LogP contribution in [0.3, 0.4) is 0 Å². The van der Waals surface area contributed by atoms with Gasteiger partial charge in [-0.3, -0.25) is 0 Å². The first-order chi connectivity index (χ1) is 10.6. The summed E-state index contributed by atoms with van der Waals surface area (Å²) in [4.78, 5) is 0. The number of aliphatic hydroxyl groups excluding tert-OH is 1. The Morgan fingerprint density at radius 1 is 1.18 bits per heavy atom. The zero-order chi connectivity index (χ0) is 16.3. The summed E-state index contributed by atoms with van der Waals surface area (Å²) in [6.45, 7) is 9.46. The van der Waals surface area contributed by atoms with Crippen LogP contribution in [0.5, 0.6) is 0 Å². The molecular formula is C14H30O7Si. The van der Waals surface area contributed by atoms with Crippen molar-refractivity contribution in [1.82, 2.24) is 0 Å². The number of ether oxygens (including phenoxy) is 3. The van der Waals surface area contributed by atoms with Gasteiger partial charge in [-0.25, -0.2) is 0 Å². The van der Waals surface area contributed by atoms with Crippen molar-refractivity contribution in [3.8, 4) is 0 Å². The van der Waals surface area contributed by atoms with E-state index < -0.39 is 8.80 Å². The van der Waals surface area contributed by atoms with E-state index in [2.05, 4.69) is 13.8 Å². The summed E-state index contributed by atoms with van der Waals surface area (Å²) in [7, 11) is -2.70. The third-order valence-electron chi connectivity index (χ3n) is 3.17. The molecule has 1 aliphatic heterocycles. The van der Waals surface area contributed by atoms with Crippen molar-refractivity contribution >= 4 is 8.80 Å². The standard InChI is InChI=1S/C14H30O7Si/c1-4-19-22(13(2)3)20-9-7-17-12-14(11-16-6-5-15)18-8-10-21-22/h13-15H,4-12H2,1-3H3. The van der Waals surface area contributed by atoms with Gasteiger partial charge in [-0.1, -0.05) is 13.8 Å². The van der Waals surface area contributed by atoms with Crippen molar-refractivity contribution in [3.05, 3.63) is 0 Å². The maximum atomic E-state index is 8.73. The Labute approximate surface area is 134 Å². The quantitative estimate of drug-likeness (QED) is 0.544. The first kappa shape index (κ1) is 20.0. The lowest BCUT2D eigenvalue weighted by molar-refractivity contribution is -0.0681. The van der Waals surface area contributed by atoms with E-state index in [1.54, 1.807) is 0 Å². The zero-order valence-electron chi connectivity index (χ0n) is 13.9. The molecule has 0 bridgehead atoms. The average molecular weight is 338 g/mol. The van der Waals surface area contributed by atoms with Crippen LogP contribution in [0.1, 0.15) is 20.8 Å². The lowest BCUT2D eigenvalue weighted by atomic mass is 10.4. The summed E-state index contributed by atoms with van der Waals surface area (Å²) >= 11 is 0. The Kier molecular flexibility index (Phi) is 10.4. The largest absolute Gasteiger partial charge is 0.503 e. The highest BCUT2D eigenvalue weighted by Gasteiger charge is 2.45. The zero-order valence-corrected chi connectivity index (χ0v) is 14.9. The lowest BCUT2D eigenvalue weighted by Gasteiger charge is -2.32. The molecule has 8 heteroatoms. The number of hydrogen-bond acceptors (Lipinski definition) is 7. The molecule has 1 aliphatic rings. The maximum absolute atomic E-state index is 8.73. The Morgan fingerprint density at radius 3 is 2.55 bits per heavy atom. The highest BCUT2D eigenvalue weighted by atomic mass is 28.4. The van der Waals surface area contributed by atoms with Crippen LogP contribution in [0.2, 0.25) is 5.54 Å². The Hall–Kier alpha value is -0.0631. The molecule has 0 aromatic carbocycles. The summed E-state index contributed by atoms with van der Waals surface area (Å²) in [6, 6.07) is 0. The molecule has 0 aromatic heterocycles. The second kappa shape index (κ2) is 11.5. The van der Waals surface area contributed by atoms with Crippen molar-refractivity contribution in [1.29, 1.82) is 0 Å². The van der Waals surface area contributed by atoms with Crippen LogP contribution in [0.15, 0.2) is 0 Å². The number of rotatable bonds is 7. The minimum atomic E-state index is -2.70. The Morgan fingerprint density at radius 2 is 1.91 bits per heavy atom. The van der Waals surface area contributed by atoms with Crippen LogP contribution < -0.4 is 0 Å². The second-order valence-electron chi connectivity index (χ2n) is 5.25. The van der Waals surface area contributed by atoms with Gasteiger partial charge >= 0.3 is 8.80 Å². The molecule has 22 heavy (non-hydrogen) atoms. The smallest absolute Gasteiger partial charge is 0.394 e. The third-order valence-corrected chi connectivity index (χ3v) is 6.49. The summed E-state index contributed by atoms with van der Waals surface area (Å²) in [5.74, 6) is 0. The van der Waals surface area contributed by atoms with Crippen molar-refractivity contribution in [2.45, 2.75) is 32.4 Å². The van der Waals surface area contributed by atoms with E-state index in [0.29, 0.717) is 52.9 Å². The van der Waals surface area contributed by atoms with Gasteiger partial charge in [-0.2, -0.15) is 0 Å². The monoisotopic (exact) mass is 338 g/mol. The summed E-state index contributed by atoms with van der Waals surface area (Å²) in [5.41, 5.74) is 0.178. The maximum Gasteiger partial charge on any atom is 0.503 e. The summed E-state index contributed by atoms with van der Waals surface area (Å²) in [6.07, 6.45) is -0.171. The van der Waals surface area contributed by atoms with Crippen molar-refractivity contribution in [2.75, 3.05) is 59.5 Å². The van der Waals surface area contributed by atoms with Gasteiger partial charge in [-0.05, 0) is 6.92 Å². The first-order valence-electron chi connectivity index (χ1n) is 7.94. The van der Waals surface area contributed by atoms with Crippen molar-refractivity contribution < 1.29 is 32.6 Å². The fraction of sp³-hybridized carbons (Fsp3) is 1.00. The van der Waals surface area contributed by atoms with E-state index in [9.17, 15) is 0 Å². The molecular weight excluding hydrogens is 308 g/mol. The molecule has 0 amide bonds. The molecule has 0 aromatic rings. The van der Waals surface area contributed by atoms with Crippen LogP contribution in [-0.4, -0.2) is 79.5 Å². The van der Waals surface area contributed by atoms with E-state index in [0.717, 1.165) is 0 Å². The second-order valence-corrected chi connectivity index (χ2v) is 8.48. The van der Waals surface area contributed by atoms with Crippen LogP contribution in [0, 0.1) is 0 Å². The van der Waals surface area contributed by atoms with Gasteiger partial charge in [0.2, 0.25) is 0 Å². The van der Waals surface area contributed by atoms with Crippen LogP contribution in [-0.2, 0) is 27.5 Å². The average Bonchev–Trinajstić information content (AvgIpc) is 2.53. The molecule has 0 saturated carbocycles. The van der Waals surface area contributed by atoms with E-state index >= 15 is 0 Å². The van der Waals surface area contributed by atoms with E-state index in [-0.39, 0.29) is 18.3 Å². The fourth-order valence-corrected chi connectivity index (χ4v) is 4.49. The molecule has 1 rings (SSSR count). The molecule has 1 heterocycles. The predicted octanol–water partition coefficient (Wildman–Crippen LogP) is 0.829. The molecule has 2 atom stereocenters. The number of hydrogen-bond donors (Lipinski definition) is 1. The van der Waals surface area contributed by atoms with E-state index in [1.807, 2.05) is 6.92 Å². The van der Waals surface area contributed by atoms with Crippen LogP contribution in [0.4, 0.5) is 0 Å². The predicted molar refractivity (Wildman–Crippen MR) is 82.8 cm³/mol. The first-order valence-corrected chi connectivity index (χ1v) is 9.74. The van der Waals surface area contributed by atoms with Gasteiger partial charge in [-0.15, -0.1) is 0 Å². The van der Waals surface area contributed by atoms with Crippen molar-refractivity contribution in [2.24, 2.45) is 0 Å². The Bertz CT molecular complexity index is 280. The molecule has 0 spiro atoms. The molecule has 1 saturated heterocycles. The molecule has 0 radical (unpaired) electrons. The van der Waals surface area contributed by atoms with Gasteiger partial charge in [0.15, 0.2) is 0 Å². The van der Waals surface area contributed by atoms with Gasteiger partial charge < -0.3 is 32.6 Å². The highest BCUT2D eigenvalue weighted by molar-refractivity contribution is 6.62. The minimum Gasteiger partial charge on any atom is -0.394 e. The Balaban J connectivity index is 2.52. The molecule has 1 fully saturated rings. The summed E-state index contributed by atoms with van der Waals surface area (Å²) in [5, 5.41) is 8.73. The van der Waals surface area contributed by atoms with Crippen LogP contribution >= 0.6 is 0 Å². The van der Waals surface area contributed by atoms with Gasteiger partial charge in [0.05, 0.1) is 52.9 Å². The van der Waals surface area contributed by atoms with Gasteiger partial charge in [0.1, 0.15) is 6.10 Å². The molecule has 1 N–H and O–H groups in total. The molecule has 2 unspecified atom stereocenters. The highest BCUT2D eigenvalue weighted by Crippen LogP contribution is 2.25. The molecule has 7 nitrogen and oxygen atoms in total. The lowest BCUT2D eigenvalue weighted by Crippen LogP contribution is -2.50. The summed E-state index contributed by atoms with van der Waals surface area (Å²) < 4.78 is 34.4. The number of aliphatic hydroxyl groups is 1. The van der Waals surface area contributed by atoms with E-state index in [1.165, 1.54) is 0 Å². The van der Waals surface area contributed by atoms with Gasteiger partial charge in [0.25, 0.3) is 0 Å². The minimum absolute atomic E-state index is 0.00138. The topological polar surface area (TPSA) is 75.6 Å². The molecule has 132 valence electrons. The fourth-order valence-electron chi connectivity index (χ4n) is 2.11. The molecule has 0 aliphatic carbocycles. The van der Waals surface area contributed by atoms with Gasteiger partial charge in [0, 0.05) is 12.1 Å². The van der Waals surface area contributed by atoms with Crippen LogP contribution in [0.25, 0.3) is 0 Å².